The summed E-state index contributed by atoms with van der Waals surface area (Å²) in [6.07, 6.45) is 0.846. The van der Waals surface area contributed by atoms with Crippen LogP contribution in [0.5, 0.6) is 11.5 Å². The Morgan fingerprint density at radius 2 is 1.61 bits per heavy atom. The number of nitrogens with one attached hydrogen (secondary N) is 1. The minimum absolute atomic E-state index is 0.0346. The van der Waals surface area contributed by atoms with Crippen LogP contribution in [0, 0.1) is 0 Å². The van der Waals surface area contributed by atoms with Crippen molar-refractivity contribution in [2.24, 2.45) is 0 Å². The second-order valence-electron chi connectivity index (χ2n) is 9.15. The van der Waals surface area contributed by atoms with Crippen LogP contribution in [0.15, 0.2) is 83.8 Å². The highest BCUT2D eigenvalue weighted by atomic mass is 32.2. The van der Waals surface area contributed by atoms with E-state index in [1.165, 1.54) is 21.3 Å². The van der Waals surface area contributed by atoms with E-state index in [0.29, 0.717) is 36.8 Å². The van der Waals surface area contributed by atoms with Crippen LogP contribution in [0.25, 0.3) is 0 Å². The number of hydrogen-bond acceptors (Lipinski definition) is 6. The summed E-state index contributed by atoms with van der Waals surface area (Å²) in [5.74, 6) is 0.133. The second-order valence-corrected chi connectivity index (χ2v) is 11.1. The van der Waals surface area contributed by atoms with Crippen LogP contribution in [0.3, 0.4) is 0 Å². The number of carbonyl (C=O) groups is 2. The molecule has 1 atom stereocenters. The molecule has 2 heterocycles. The SMILES string of the molecule is O=C(NCc1ccccc1)C1CN(C(=O)COc2ccc(S(=O)(=O)N3CCCC3)cc2)c2ccccc2O1. The van der Waals surface area contributed by atoms with Gasteiger partial charge in [-0.2, -0.15) is 4.31 Å². The van der Waals surface area contributed by atoms with Gasteiger partial charge in [0.2, 0.25) is 10.0 Å². The largest absolute Gasteiger partial charge is 0.484 e. The second kappa shape index (κ2) is 11.2. The van der Waals surface area contributed by atoms with Gasteiger partial charge in [0, 0.05) is 19.6 Å². The molecule has 0 aliphatic carbocycles. The van der Waals surface area contributed by atoms with Crippen molar-refractivity contribution in [1.82, 2.24) is 9.62 Å². The molecular weight excluding hydrogens is 506 g/mol. The highest BCUT2D eigenvalue weighted by Crippen LogP contribution is 2.33. The summed E-state index contributed by atoms with van der Waals surface area (Å²) >= 11 is 0. The fourth-order valence-corrected chi connectivity index (χ4v) is 6.03. The number of amides is 2. The van der Waals surface area contributed by atoms with Crippen LogP contribution in [-0.2, 0) is 26.2 Å². The molecule has 5 rings (SSSR count). The molecule has 0 aromatic heterocycles. The van der Waals surface area contributed by atoms with Crippen molar-refractivity contribution in [3.05, 3.63) is 84.4 Å². The predicted octanol–water partition coefficient (Wildman–Crippen LogP) is 2.96. The average Bonchev–Trinajstić information content (AvgIpc) is 3.51. The van der Waals surface area contributed by atoms with E-state index < -0.39 is 16.1 Å². The van der Waals surface area contributed by atoms with Crippen molar-refractivity contribution in [1.29, 1.82) is 0 Å². The van der Waals surface area contributed by atoms with Crippen LogP contribution >= 0.6 is 0 Å². The van der Waals surface area contributed by atoms with Gasteiger partial charge >= 0.3 is 0 Å². The zero-order valence-corrected chi connectivity index (χ0v) is 21.6. The van der Waals surface area contributed by atoms with Gasteiger partial charge in [-0.25, -0.2) is 8.42 Å². The van der Waals surface area contributed by atoms with Gasteiger partial charge in [0.1, 0.15) is 11.5 Å². The molecule has 2 aliphatic rings. The van der Waals surface area contributed by atoms with Crippen molar-refractivity contribution < 1.29 is 27.5 Å². The number of rotatable bonds is 8. The van der Waals surface area contributed by atoms with Crippen LogP contribution < -0.4 is 19.7 Å². The summed E-state index contributed by atoms with van der Waals surface area (Å²) in [4.78, 5) is 27.8. The topological polar surface area (TPSA) is 105 Å². The molecule has 198 valence electrons. The van der Waals surface area contributed by atoms with Crippen molar-refractivity contribution in [3.63, 3.8) is 0 Å². The number of nitrogens with zero attached hydrogens (tertiary/aromatic N) is 2. The van der Waals surface area contributed by atoms with E-state index in [-0.39, 0.29) is 29.9 Å². The zero-order valence-electron chi connectivity index (χ0n) is 20.8. The standard InChI is InChI=1S/C28H29N3O6S/c32-27(20-36-22-12-14-23(15-13-22)38(34,35)30-16-6-7-17-30)31-19-26(37-25-11-5-4-10-24(25)31)28(33)29-18-21-8-2-1-3-9-21/h1-5,8-15,26H,6-7,16-20H2,(H,29,33). The van der Waals surface area contributed by atoms with Gasteiger partial charge in [-0.1, -0.05) is 42.5 Å². The molecule has 0 spiro atoms. The summed E-state index contributed by atoms with van der Waals surface area (Å²) in [7, 11) is -3.52. The van der Waals surface area contributed by atoms with Crippen molar-refractivity contribution in [3.8, 4) is 11.5 Å². The number of ether oxygens (including phenoxy) is 2. The molecule has 1 unspecified atom stereocenters. The zero-order chi connectivity index (χ0) is 26.5. The summed E-state index contributed by atoms with van der Waals surface area (Å²) in [5.41, 5.74) is 1.51. The van der Waals surface area contributed by atoms with Crippen molar-refractivity contribution in [2.45, 2.75) is 30.4 Å². The lowest BCUT2D eigenvalue weighted by atomic mass is 10.1. The highest BCUT2D eigenvalue weighted by molar-refractivity contribution is 7.89. The molecule has 9 nitrogen and oxygen atoms in total. The Balaban J connectivity index is 1.23. The first-order valence-corrected chi connectivity index (χ1v) is 14.0. The minimum Gasteiger partial charge on any atom is -0.484 e. The highest BCUT2D eigenvalue weighted by Gasteiger charge is 2.34. The smallest absolute Gasteiger partial charge is 0.265 e. The Bertz CT molecular complexity index is 1390. The fraction of sp³-hybridized carbons (Fsp3) is 0.286. The van der Waals surface area contributed by atoms with Gasteiger partial charge in [0.05, 0.1) is 17.1 Å². The van der Waals surface area contributed by atoms with E-state index in [2.05, 4.69) is 5.32 Å². The molecule has 10 heteroatoms. The lowest BCUT2D eigenvalue weighted by molar-refractivity contribution is -0.128. The summed E-state index contributed by atoms with van der Waals surface area (Å²) in [5, 5.41) is 2.87. The van der Waals surface area contributed by atoms with Crippen molar-refractivity contribution in [2.75, 3.05) is 31.1 Å². The number of para-hydroxylation sites is 2. The molecule has 3 aromatic rings. The maximum absolute atomic E-state index is 13.2. The normalized spacial score (nSPS) is 17.4. The Morgan fingerprint density at radius 1 is 0.921 bits per heavy atom. The molecule has 1 N–H and O–H groups in total. The number of anilines is 1. The summed E-state index contributed by atoms with van der Waals surface area (Å²) in [6.45, 7) is 1.15. The van der Waals surface area contributed by atoms with Gasteiger partial charge in [-0.15, -0.1) is 0 Å². The van der Waals surface area contributed by atoms with E-state index in [0.717, 1.165) is 18.4 Å². The van der Waals surface area contributed by atoms with Crippen LogP contribution in [0.1, 0.15) is 18.4 Å². The number of benzene rings is 3. The molecule has 1 saturated heterocycles. The van der Waals surface area contributed by atoms with Crippen molar-refractivity contribution >= 4 is 27.5 Å². The third-order valence-corrected chi connectivity index (χ3v) is 8.48. The average molecular weight is 536 g/mol. The molecular formula is C28H29N3O6S. The molecule has 0 bridgehead atoms. The van der Waals surface area contributed by atoms with Crippen LogP contribution in [0.2, 0.25) is 0 Å². The summed E-state index contributed by atoms with van der Waals surface area (Å²) in [6, 6.07) is 22.6. The molecule has 3 aromatic carbocycles. The molecule has 0 radical (unpaired) electrons. The first-order chi connectivity index (χ1) is 18.4. The fourth-order valence-electron chi connectivity index (χ4n) is 4.51. The van der Waals surface area contributed by atoms with E-state index in [9.17, 15) is 18.0 Å². The Hall–Kier alpha value is -3.89. The number of carbonyl (C=O) groups excluding carboxylic acids is 2. The lowest BCUT2D eigenvalue weighted by Crippen LogP contribution is -2.51. The monoisotopic (exact) mass is 535 g/mol. The Kier molecular flexibility index (Phi) is 7.62. The quantitative estimate of drug-likeness (QED) is 0.476. The summed E-state index contributed by atoms with van der Waals surface area (Å²) < 4.78 is 38.5. The molecule has 2 amide bonds. The maximum atomic E-state index is 13.2. The third-order valence-electron chi connectivity index (χ3n) is 6.57. The van der Waals surface area contributed by atoms with Gasteiger partial charge in [0.15, 0.2) is 12.7 Å². The molecule has 38 heavy (non-hydrogen) atoms. The molecule has 2 aliphatic heterocycles. The van der Waals surface area contributed by atoms with E-state index in [4.69, 9.17) is 9.47 Å². The van der Waals surface area contributed by atoms with E-state index in [1.54, 1.807) is 36.4 Å². The van der Waals surface area contributed by atoms with Gasteiger partial charge in [-0.05, 0) is 54.8 Å². The maximum Gasteiger partial charge on any atom is 0.265 e. The number of hydrogen-bond donors (Lipinski definition) is 1. The first kappa shape index (κ1) is 25.7. The van der Waals surface area contributed by atoms with Gasteiger partial charge in [-0.3, -0.25) is 9.59 Å². The number of fused-ring (bicyclic) bond motifs is 1. The Labute approximate surface area is 222 Å². The number of sulfonamides is 1. The molecule has 1 fully saturated rings. The third kappa shape index (κ3) is 5.66. The van der Waals surface area contributed by atoms with Gasteiger partial charge in [0.25, 0.3) is 11.8 Å². The van der Waals surface area contributed by atoms with Crippen LogP contribution in [0.4, 0.5) is 5.69 Å². The van der Waals surface area contributed by atoms with E-state index >= 15 is 0 Å². The first-order valence-electron chi connectivity index (χ1n) is 12.5. The lowest BCUT2D eigenvalue weighted by Gasteiger charge is -2.34. The minimum atomic E-state index is -3.52. The Morgan fingerprint density at radius 3 is 2.34 bits per heavy atom. The molecule has 0 saturated carbocycles. The van der Waals surface area contributed by atoms with Crippen LogP contribution in [-0.4, -0.2) is 56.9 Å². The predicted molar refractivity (Wildman–Crippen MR) is 141 cm³/mol. The van der Waals surface area contributed by atoms with E-state index in [1.807, 2.05) is 30.3 Å². The van der Waals surface area contributed by atoms with Gasteiger partial charge < -0.3 is 19.7 Å².